The summed E-state index contributed by atoms with van der Waals surface area (Å²) in [6.45, 7) is 4.00. The fourth-order valence-electron chi connectivity index (χ4n) is 3.75. The Hall–Kier alpha value is -1.08. The van der Waals surface area contributed by atoms with E-state index in [1.54, 1.807) is 38.1 Å². The molecule has 0 heterocycles. The van der Waals surface area contributed by atoms with E-state index in [1.165, 1.54) is 30.3 Å². The zero-order valence-corrected chi connectivity index (χ0v) is 32.8. The van der Waals surface area contributed by atoms with Crippen molar-refractivity contribution in [3.8, 4) is 17.2 Å². The number of nitrogens with zero attached hydrogens (tertiary/aromatic N) is 4. The number of anilines is 1. The Kier molecular flexibility index (Phi) is 18.3. The second-order valence-corrected chi connectivity index (χ2v) is 10.6. The first-order valence-electron chi connectivity index (χ1n) is 12.2. The Morgan fingerprint density at radius 3 is 2.07 bits per heavy atom. The van der Waals surface area contributed by atoms with Gasteiger partial charge in [-0.25, -0.2) is 0 Å². The normalized spacial score (nSPS) is 11.2. The number of ether oxygens (including phenoxy) is 2. The molecule has 19 heteroatoms. The molecule has 4 aromatic carbocycles. The maximum absolute atomic E-state index is 11.4. The van der Waals surface area contributed by atoms with E-state index in [2.05, 4.69) is 29.8 Å². The van der Waals surface area contributed by atoms with Crippen LogP contribution in [0.2, 0.25) is 0 Å². The summed E-state index contributed by atoms with van der Waals surface area (Å²) in [5.41, 5.74) is 6.81. The fraction of sp³-hybridized carbons (Fsp3) is 0.154. The largest absolute Gasteiger partial charge is 1.00 e. The van der Waals surface area contributed by atoms with Gasteiger partial charge in [0.05, 0.1) is 35.8 Å². The van der Waals surface area contributed by atoms with Crippen molar-refractivity contribution in [2.45, 2.75) is 18.7 Å². The van der Waals surface area contributed by atoms with Gasteiger partial charge in [-0.3, -0.25) is 5.04 Å². The molecule has 0 atom stereocenters. The van der Waals surface area contributed by atoms with Gasteiger partial charge in [-0.1, -0.05) is 18.2 Å². The summed E-state index contributed by atoms with van der Waals surface area (Å²) in [6, 6.07) is 14.6. The van der Waals surface area contributed by atoms with E-state index in [0.29, 0.717) is 28.5 Å². The Labute approximate surface area is 328 Å². The zero-order valence-electron chi connectivity index (χ0n) is 25.1. The molecule has 0 saturated heterocycles. The van der Waals surface area contributed by atoms with Crippen molar-refractivity contribution in [3.63, 3.8) is 0 Å². The molecule has 4 rings (SSSR count). The first-order chi connectivity index (χ1) is 20.1. The van der Waals surface area contributed by atoms with Crippen LogP contribution in [-0.2, 0) is 13.9 Å². The average Bonchev–Trinajstić information content (AvgIpc) is 2.96. The van der Waals surface area contributed by atoms with Crippen LogP contribution >= 0.6 is 19.6 Å². The van der Waals surface area contributed by atoms with Crippen molar-refractivity contribution >= 4 is 64.2 Å². The van der Waals surface area contributed by atoms with Crippen molar-refractivity contribution in [1.82, 2.24) is 0 Å². The molecule has 0 aliphatic rings. The molecule has 4 aromatic rings. The molecule has 0 radical (unpaired) electrons. The molecule has 0 unspecified atom stereocenters. The van der Waals surface area contributed by atoms with Crippen molar-refractivity contribution in [1.29, 1.82) is 0 Å². The summed E-state index contributed by atoms with van der Waals surface area (Å²) in [5.74, 6) is 0.201. The number of rotatable bonds is 12. The van der Waals surface area contributed by atoms with Crippen LogP contribution in [-0.4, -0.2) is 18.3 Å². The second-order valence-electron chi connectivity index (χ2n) is 8.34. The minimum atomic E-state index is -4.97. The second kappa shape index (κ2) is 19.7. The van der Waals surface area contributed by atoms with Gasteiger partial charge < -0.3 is 39.9 Å². The summed E-state index contributed by atoms with van der Waals surface area (Å²) in [5, 5.41) is 42.2. The average molecular weight is 682 g/mol. The number of fused-ring (bicyclic) bond motifs is 1. The summed E-state index contributed by atoms with van der Waals surface area (Å²) < 4.78 is 27.3. The molecule has 0 aliphatic carbocycles. The number of benzene rings is 4. The van der Waals surface area contributed by atoms with E-state index in [-0.39, 0.29) is 147 Å². The Bertz CT molecular complexity index is 1710. The molecule has 220 valence electrons. The third-order valence-corrected chi connectivity index (χ3v) is 7.07. The molecule has 0 bridgehead atoms. The molecule has 0 amide bonds. The van der Waals surface area contributed by atoms with Crippen molar-refractivity contribution in [2.24, 2.45) is 20.5 Å². The number of nitrogens with two attached hydrogens (primary N) is 1. The Morgan fingerprint density at radius 1 is 0.867 bits per heavy atom. The number of phenols is 1. The maximum atomic E-state index is 11.4. The molecule has 0 aliphatic heterocycles. The van der Waals surface area contributed by atoms with Crippen LogP contribution in [0.15, 0.2) is 86.0 Å². The monoisotopic (exact) mass is 681 g/mol. The first kappa shape index (κ1) is 41.9. The van der Waals surface area contributed by atoms with Gasteiger partial charge in [-0.2, -0.15) is 9.45 Å². The van der Waals surface area contributed by atoms with Crippen LogP contribution in [0.25, 0.3) is 10.8 Å². The summed E-state index contributed by atoms with van der Waals surface area (Å²) >= 11 is 0.531. The smallest absolute Gasteiger partial charge is 0.807 e. The summed E-state index contributed by atoms with van der Waals surface area (Å²) in [6.07, 6.45) is 0. The molecule has 0 saturated carbocycles. The molecule has 3 N–H and O–H groups in total. The van der Waals surface area contributed by atoms with Crippen LogP contribution in [0.4, 0.5) is 28.4 Å². The standard InChI is InChI=1S/C26H26N5O9PS.3Na/c1-3-37-22-14-21(23(38-4-2)13-20(22)29-28-17-6-5-7-18(12-17)41(34,35)36)30-31-25-24(42-40-39-33)10-15-8-9-16(27)11-19(15)26(25)32;;;/h5-14,32-33H,3-4,27H2,1-2H3,(H2,34,35,36);;;/q;3*+1/p-3. The quantitative estimate of drug-likeness (QED) is 0.0276. The number of hydrogen-bond acceptors (Lipinski definition) is 15. The third-order valence-electron chi connectivity index (χ3n) is 5.55. The van der Waals surface area contributed by atoms with Gasteiger partial charge in [0.15, 0.2) is 5.75 Å². The van der Waals surface area contributed by atoms with Gasteiger partial charge in [0, 0.05) is 23.2 Å². The number of azo groups is 2. The molecular weight excluding hydrogens is 658 g/mol. The minimum absolute atomic E-state index is 0. The van der Waals surface area contributed by atoms with Gasteiger partial charge in [-0.05, 0) is 62.5 Å². The number of phenolic OH excluding ortho intramolecular Hbond substituents is 1. The van der Waals surface area contributed by atoms with Crippen LogP contribution in [0.3, 0.4) is 0 Å². The van der Waals surface area contributed by atoms with Crippen LogP contribution in [0, 0.1) is 0 Å². The van der Waals surface area contributed by atoms with Gasteiger partial charge >= 0.3 is 88.7 Å². The van der Waals surface area contributed by atoms with Crippen molar-refractivity contribution in [2.75, 3.05) is 18.9 Å². The molecule has 0 spiro atoms. The topological polar surface area (TPSA) is 219 Å². The Morgan fingerprint density at radius 2 is 1.49 bits per heavy atom. The van der Waals surface area contributed by atoms with Gasteiger partial charge in [-0.15, -0.1) is 15.3 Å². The maximum Gasteiger partial charge on any atom is 1.00 e. The molecular formula is C26H23N5Na3O9PS. The van der Waals surface area contributed by atoms with Crippen molar-refractivity contribution < 1.29 is 132 Å². The predicted octanol–water partition coefficient (Wildman–Crippen LogP) is -4.46. The number of aromatic hydroxyl groups is 1. The van der Waals surface area contributed by atoms with E-state index < -0.39 is 12.9 Å². The van der Waals surface area contributed by atoms with Crippen LogP contribution < -0.4 is 124 Å². The van der Waals surface area contributed by atoms with Crippen LogP contribution in [0.5, 0.6) is 17.2 Å². The number of nitrogen functional groups attached to an aromatic ring is 1. The molecule has 14 nitrogen and oxygen atoms in total. The predicted molar refractivity (Wildman–Crippen MR) is 149 cm³/mol. The fourth-order valence-corrected chi connectivity index (χ4v) is 4.80. The van der Waals surface area contributed by atoms with E-state index in [9.17, 15) is 24.7 Å². The van der Waals surface area contributed by atoms with E-state index in [4.69, 9.17) is 15.2 Å². The molecule has 0 aromatic heterocycles. The summed E-state index contributed by atoms with van der Waals surface area (Å²) in [7, 11) is -4.97. The van der Waals surface area contributed by atoms with Gasteiger partial charge in [0.25, 0.3) is 0 Å². The Balaban J connectivity index is 0.00000337. The summed E-state index contributed by atoms with van der Waals surface area (Å²) in [4.78, 5) is 23.0. The minimum Gasteiger partial charge on any atom is -0.807 e. The van der Waals surface area contributed by atoms with Crippen molar-refractivity contribution in [3.05, 3.63) is 60.7 Å². The molecule has 0 fully saturated rings. The third kappa shape index (κ3) is 11.3. The van der Waals surface area contributed by atoms with E-state index in [0.717, 1.165) is 6.07 Å². The van der Waals surface area contributed by atoms with Gasteiger partial charge in [0.2, 0.25) is 0 Å². The zero-order chi connectivity index (χ0) is 30.3. The number of hydrogen-bond donors (Lipinski definition) is 2. The van der Waals surface area contributed by atoms with E-state index in [1.807, 2.05) is 0 Å². The van der Waals surface area contributed by atoms with Crippen LogP contribution in [0.1, 0.15) is 13.8 Å². The van der Waals surface area contributed by atoms with Gasteiger partial charge in [0.1, 0.15) is 28.6 Å². The van der Waals surface area contributed by atoms with E-state index >= 15 is 0 Å². The SMILES string of the molecule is CCOc1cc(N=Nc2c(SOO[O-])cc3ccc(N)cc3c2O)c(OCC)cc1N=Nc1cccc(P(=O)([O-])[O-])c1.[Na+].[Na+].[Na+]. The first-order valence-corrected chi connectivity index (χ1v) is 14.5. The molecule has 45 heavy (non-hydrogen) atoms.